The van der Waals surface area contributed by atoms with E-state index in [0.29, 0.717) is 0 Å². The summed E-state index contributed by atoms with van der Waals surface area (Å²) in [5, 5.41) is 8.51. The first-order valence-electron chi connectivity index (χ1n) is 3.85. The van der Waals surface area contributed by atoms with Crippen LogP contribution in [-0.4, -0.2) is 45.4 Å². The molecule has 1 aromatic rings. The van der Waals surface area contributed by atoms with Crippen molar-refractivity contribution in [1.82, 2.24) is 14.9 Å². The number of Topliss-reactive ketones (excluding diaryl/α,β-unsaturated/α-hetero) is 1. The summed E-state index contributed by atoms with van der Waals surface area (Å²) < 4.78 is 0. The number of aromatic nitrogens is 2. The second-order valence-electron chi connectivity index (χ2n) is 2.63. The van der Waals surface area contributed by atoms with Gasteiger partial charge in [-0.2, -0.15) is 0 Å². The number of amides is 1. The topological polar surface area (TPSA) is 83.4 Å². The Labute approximate surface area is 80.2 Å². The molecule has 0 atom stereocenters. The van der Waals surface area contributed by atoms with E-state index in [0.717, 1.165) is 4.90 Å². The molecule has 0 fully saturated rings. The molecule has 0 saturated carbocycles. The molecule has 0 saturated heterocycles. The van der Waals surface area contributed by atoms with E-state index in [4.69, 9.17) is 5.11 Å². The Kier molecular flexibility index (Phi) is 3.11. The molecule has 1 heterocycles. The smallest absolute Gasteiger partial charge is 0.407 e. The lowest BCUT2D eigenvalue weighted by Crippen LogP contribution is -2.31. The molecule has 6 nitrogen and oxygen atoms in total. The van der Waals surface area contributed by atoms with Crippen molar-refractivity contribution in [3.05, 3.63) is 24.3 Å². The molecule has 14 heavy (non-hydrogen) atoms. The van der Waals surface area contributed by atoms with Crippen LogP contribution in [0.1, 0.15) is 10.6 Å². The summed E-state index contributed by atoms with van der Waals surface area (Å²) in [6.07, 6.45) is 1.71. The predicted molar refractivity (Wildman–Crippen MR) is 47.0 cm³/mol. The van der Waals surface area contributed by atoms with Gasteiger partial charge in [-0.05, 0) is 6.07 Å². The highest BCUT2D eigenvalue weighted by molar-refractivity contribution is 5.95. The average Bonchev–Trinajstić information content (AvgIpc) is 2.19. The number of likely N-dealkylation sites (N-methyl/N-ethyl adjacent to an activating group) is 1. The summed E-state index contributed by atoms with van der Waals surface area (Å²) in [5.41, 5.74) is 0. The first-order valence-corrected chi connectivity index (χ1v) is 3.85. The fraction of sp³-hybridized carbons (Fsp3) is 0.250. The van der Waals surface area contributed by atoms with E-state index in [1.807, 2.05) is 0 Å². The standard InChI is InChI=1S/C8H9N3O3/c1-11(8(13)14)5-6(12)7-9-3-2-4-10-7/h2-4H,5H2,1H3,(H,13,14). The normalized spacial score (nSPS) is 9.50. The number of hydrogen-bond donors (Lipinski definition) is 1. The van der Waals surface area contributed by atoms with E-state index in [1.54, 1.807) is 6.07 Å². The molecule has 0 spiro atoms. The third-order valence-corrected chi connectivity index (χ3v) is 1.52. The van der Waals surface area contributed by atoms with Crippen LogP contribution in [0.2, 0.25) is 0 Å². The second-order valence-corrected chi connectivity index (χ2v) is 2.63. The second kappa shape index (κ2) is 4.31. The minimum absolute atomic E-state index is 0.0283. The van der Waals surface area contributed by atoms with Gasteiger partial charge in [-0.3, -0.25) is 4.79 Å². The maximum Gasteiger partial charge on any atom is 0.407 e. The SMILES string of the molecule is CN(CC(=O)c1ncccn1)C(=O)O. The van der Waals surface area contributed by atoms with E-state index in [9.17, 15) is 9.59 Å². The van der Waals surface area contributed by atoms with Crippen molar-refractivity contribution < 1.29 is 14.7 Å². The van der Waals surface area contributed by atoms with Crippen LogP contribution in [0.25, 0.3) is 0 Å². The minimum Gasteiger partial charge on any atom is -0.465 e. The van der Waals surface area contributed by atoms with Crippen LogP contribution in [0.4, 0.5) is 4.79 Å². The monoisotopic (exact) mass is 195 g/mol. The summed E-state index contributed by atoms with van der Waals surface area (Å²) in [7, 11) is 1.31. The molecule has 1 N–H and O–H groups in total. The first kappa shape index (κ1) is 10.1. The molecule has 0 aromatic carbocycles. The van der Waals surface area contributed by atoms with Crippen molar-refractivity contribution in [2.75, 3.05) is 13.6 Å². The van der Waals surface area contributed by atoms with Gasteiger partial charge in [-0.15, -0.1) is 0 Å². The van der Waals surface area contributed by atoms with E-state index < -0.39 is 11.9 Å². The van der Waals surface area contributed by atoms with Crippen LogP contribution in [0.5, 0.6) is 0 Å². The van der Waals surface area contributed by atoms with Crippen LogP contribution in [0, 0.1) is 0 Å². The van der Waals surface area contributed by atoms with E-state index in [2.05, 4.69) is 9.97 Å². The summed E-state index contributed by atoms with van der Waals surface area (Å²) in [5.74, 6) is -0.392. The molecule has 0 bridgehead atoms. The van der Waals surface area contributed by atoms with Gasteiger partial charge in [0, 0.05) is 19.4 Å². The molecule has 0 aliphatic heterocycles. The Morgan fingerprint density at radius 2 is 2.00 bits per heavy atom. The molecule has 6 heteroatoms. The van der Waals surface area contributed by atoms with Crippen molar-refractivity contribution in [3.63, 3.8) is 0 Å². The van der Waals surface area contributed by atoms with Crippen molar-refractivity contribution in [1.29, 1.82) is 0 Å². The van der Waals surface area contributed by atoms with Gasteiger partial charge in [0.1, 0.15) is 0 Å². The van der Waals surface area contributed by atoms with Gasteiger partial charge >= 0.3 is 6.09 Å². The van der Waals surface area contributed by atoms with Gasteiger partial charge < -0.3 is 10.0 Å². The van der Waals surface area contributed by atoms with Gasteiger partial charge in [0.25, 0.3) is 0 Å². The fourth-order valence-electron chi connectivity index (χ4n) is 0.797. The van der Waals surface area contributed by atoms with Crippen LogP contribution in [0.15, 0.2) is 18.5 Å². The largest absolute Gasteiger partial charge is 0.465 e. The third kappa shape index (κ3) is 2.51. The van der Waals surface area contributed by atoms with Crippen molar-refractivity contribution in [3.8, 4) is 0 Å². The number of carbonyl (C=O) groups is 2. The van der Waals surface area contributed by atoms with Gasteiger partial charge in [0.05, 0.1) is 6.54 Å². The summed E-state index contributed by atoms with van der Waals surface area (Å²) in [6.45, 7) is -0.237. The Morgan fingerprint density at radius 1 is 1.43 bits per heavy atom. The summed E-state index contributed by atoms with van der Waals surface area (Å²) in [6, 6.07) is 1.58. The van der Waals surface area contributed by atoms with E-state index >= 15 is 0 Å². The van der Waals surface area contributed by atoms with Gasteiger partial charge in [-0.25, -0.2) is 14.8 Å². The van der Waals surface area contributed by atoms with Crippen molar-refractivity contribution >= 4 is 11.9 Å². The quantitative estimate of drug-likeness (QED) is 0.700. The van der Waals surface area contributed by atoms with E-state index in [1.165, 1.54) is 19.4 Å². The van der Waals surface area contributed by atoms with Crippen molar-refractivity contribution in [2.24, 2.45) is 0 Å². The van der Waals surface area contributed by atoms with Crippen molar-refractivity contribution in [2.45, 2.75) is 0 Å². The van der Waals surface area contributed by atoms with Crippen LogP contribution in [-0.2, 0) is 0 Å². The van der Waals surface area contributed by atoms with Gasteiger partial charge in [0.15, 0.2) is 5.82 Å². The van der Waals surface area contributed by atoms with E-state index in [-0.39, 0.29) is 12.4 Å². The zero-order valence-corrected chi connectivity index (χ0v) is 7.54. The first-order chi connectivity index (χ1) is 6.61. The molecule has 0 radical (unpaired) electrons. The average molecular weight is 195 g/mol. The molecule has 1 rings (SSSR count). The lowest BCUT2D eigenvalue weighted by molar-refractivity contribution is 0.0919. The maximum atomic E-state index is 11.3. The fourth-order valence-corrected chi connectivity index (χ4v) is 0.797. The minimum atomic E-state index is -1.16. The summed E-state index contributed by atoms with van der Waals surface area (Å²) in [4.78, 5) is 30.0. The molecule has 74 valence electrons. The Bertz CT molecular complexity index is 339. The summed E-state index contributed by atoms with van der Waals surface area (Å²) >= 11 is 0. The molecule has 0 aliphatic carbocycles. The number of rotatable bonds is 3. The zero-order chi connectivity index (χ0) is 10.6. The Hall–Kier alpha value is -1.98. The van der Waals surface area contributed by atoms with Crippen LogP contribution < -0.4 is 0 Å². The number of nitrogens with zero attached hydrogens (tertiary/aromatic N) is 3. The van der Waals surface area contributed by atoms with Gasteiger partial charge in [-0.1, -0.05) is 0 Å². The number of ketones is 1. The van der Waals surface area contributed by atoms with Crippen LogP contribution >= 0.6 is 0 Å². The Balaban J connectivity index is 2.64. The molecule has 0 aliphatic rings. The third-order valence-electron chi connectivity index (χ3n) is 1.52. The highest BCUT2D eigenvalue weighted by atomic mass is 16.4. The number of carboxylic acid groups (broad SMARTS) is 1. The highest BCUT2D eigenvalue weighted by Gasteiger charge is 2.14. The predicted octanol–water partition coefficient (Wildman–Crippen LogP) is 0.269. The zero-order valence-electron chi connectivity index (χ0n) is 7.54. The highest BCUT2D eigenvalue weighted by Crippen LogP contribution is 1.93. The molecule has 1 amide bonds. The molecule has 1 aromatic heterocycles. The molecule has 0 unspecified atom stereocenters. The number of carbonyl (C=O) groups excluding carboxylic acids is 1. The number of hydrogen-bond acceptors (Lipinski definition) is 4. The molecular formula is C8H9N3O3. The lowest BCUT2D eigenvalue weighted by atomic mass is 10.3. The van der Waals surface area contributed by atoms with Gasteiger partial charge in [0.2, 0.25) is 5.78 Å². The van der Waals surface area contributed by atoms with Crippen LogP contribution in [0.3, 0.4) is 0 Å². The lowest BCUT2D eigenvalue weighted by Gasteiger charge is -2.10. The Morgan fingerprint density at radius 3 is 2.50 bits per heavy atom. The maximum absolute atomic E-state index is 11.3. The molecular weight excluding hydrogens is 186 g/mol.